The Labute approximate surface area is 207 Å². The van der Waals surface area contributed by atoms with Gasteiger partial charge in [-0.05, 0) is 26.3 Å². The highest BCUT2D eigenvalue weighted by Crippen LogP contribution is 2.44. The number of carbonyl (C=O) groups excluding carboxylic acids is 3. The number of benzene rings is 2. The molecule has 1 unspecified atom stereocenters. The molecule has 0 amide bonds. The van der Waals surface area contributed by atoms with E-state index in [1.54, 1.807) is 20.8 Å². The first-order valence-electron chi connectivity index (χ1n) is 11.8. The average Bonchev–Trinajstić information content (AvgIpc) is 3.25. The Morgan fingerprint density at radius 2 is 1.31 bits per heavy atom. The van der Waals surface area contributed by atoms with Gasteiger partial charge in [-0.3, -0.25) is 9.59 Å². The van der Waals surface area contributed by atoms with E-state index in [4.69, 9.17) is 18.9 Å². The maximum atomic E-state index is 13.5. The van der Waals surface area contributed by atoms with E-state index in [1.165, 1.54) is 0 Å². The molecule has 1 saturated heterocycles. The Balaban J connectivity index is 2.31. The summed E-state index contributed by atoms with van der Waals surface area (Å²) in [5.41, 5.74) is 0.232. The van der Waals surface area contributed by atoms with Crippen molar-refractivity contribution in [3.05, 3.63) is 71.9 Å². The molecule has 0 saturated carbocycles. The third-order valence-corrected chi connectivity index (χ3v) is 10.2. The highest BCUT2D eigenvalue weighted by molar-refractivity contribution is 7.05. The first kappa shape index (κ1) is 26.4. The van der Waals surface area contributed by atoms with Crippen molar-refractivity contribution in [1.82, 2.24) is 0 Å². The normalized spacial score (nSPS) is 18.2. The average molecular weight is 497 g/mol. The van der Waals surface area contributed by atoms with Crippen molar-refractivity contribution in [1.29, 1.82) is 0 Å². The molecule has 1 atom stereocenters. The van der Waals surface area contributed by atoms with Crippen LogP contribution in [0.2, 0.25) is 6.55 Å². The Morgan fingerprint density at radius 1 is 0.857 bits per heavy atom. The van der Waals surface area contributed by atoms with Crippen LogP contribution in [-0.2, 0) is 33.3 Å². The second-order valence-corrected chi connectivity index (χ2v) is 12.1. The zero-order chi connectivity index (χ0) is 25.5. The van der Waals surface area contributed by atoms with Crippen LogP contribution in [0.4, 0.5) is 0 Å². The summed E-state index contributed by atoms with van der Waals surface area (Å²) in [6.07, 6.45) is -1.50. The highest BCUT2D eigenvalue weighted by Gasteiger charge is 2.65. The molecule has 186 valence electrons. The molecule has 0 aromatic heterocycles. The second-order valence-electron chi connectivity index (χ2n) is 8.30. The highest BCUT2D eigenvalue weighted by atomic mass is 28.3. The van der Waals surface area contributed by atoms with E-state index >= 15 is 0 Å². The van der Waals surface area contributed by atoms with E-state index in [2.05, 4.69) is 6.55 Å². The van der Waals surface area contributed by atoms with Crippen LogP contribution in [0.5, 0.6) is 0 Å². The van der Waals surface area contributed by atoms with Gasteiger partial charge in [-0.25, -0.2) is 4.79 Å². The van der Waals surface area contributed by atoms with Crippen molar-refractivity contribution in [3.63, 3.8) is 0 Å². The van der Waals surface area contributed by atoms with Crippen molar-refractivity contribution < 1.29 is 33.3 Å². The first-order valence-corrected chi connectivity index (χ1v) is 14.4. The second kappa shape index (κ2) is 11.5. The van der Waals surface area contributed by atoms with E-state index < -0.39 is 37.5 Å². The summed E-state index contributed by atoms with van der Waals surface area (Å²) in [5.74, 6) is -2.56. The molecule has 0 aliphatic carbocycles. The van der Waals surface area contributed by atoms with Crippen molar-refractivity contribution in [2.24, 2.45) is 5.41 Å². The van der Waals surface area contributed by atoms with Gasteiger partial charge in [-0.15, -0.1) is 0 Å². The minimum absolute atomic E-state index is 0.0227. The lowest BCUT2D eigenvalue weighted by Crippen LogP contribution is -2.57. The fourth-order valence-electron chi connectivity index (χ4n) is 4.50. The lowest BCUT2D eigenvalue weighted by molar-refractivity contribution is -0.182. The molecule has 0 radical (unpaired) electrons. The molecule has 3 rings (SSSR count). The Hall–Kier alpha value is -3.23. The van der Waals surface area contributed by atoms with Crippen LogP contribution in [0.1, 0.15) is 20.8 Å². The summed E-state index contributed by atoms with van der Waals surface area (Å²) < 4.78 is 21.7. The fraction of sp³-hybridized carbons (Fsp3) is 0.370. The smallest absolute Gasteiger partial charge is 0.337 e. The molecule has 1 aliphatic rings. The lowest BCUT2D eigenvalue weighted by atomic mass is 9.77. The molecule has 0 N–H and O–H groups in total. The molecule has 1 heterocycles. The van der Waals surface area contributed by atoms with E-state index in [0.717, 1.165) is 10.4 Å². The number of carbonyl (C=O) groups is 3. The van der Waals surface area contributed by atoms with Gasteiger partial charge in [-0.1, -0.05) is 83.3 Å². The van der Waals surface area contributed by atoms with Crippen molar-refractivity contribution >= 4 is 36.4 Å². The molecule has 35 heavy (non-hydrogen) atoms. The van der Waals surface area contributed by atoms with E-state index in [9.17, 15) is 14.4 Å². The van der Waals surface area contributed by atoms with Crippen molar-refractivity contribution in [2.75, 3.05) is 26.4 Å². The molecule has 1 fully saturated rings. The predicted molar refractivity (Wildman–Crippen MR) is 134 cm³/mol. The molecular formula is C27H32O7Si. The summed E-state index contributed by atoms with van der Waals surface area (Å²) in [7, 11) is -2.69. The molecule has 0 spiro atoms. The maximum Gasteiger partial charge on any atom is 0.337 e. The minimum Gasteiger partial charge on any atom is -0.465 e. The monoisotopic (exact) mass is 496 g/mol. The number of ether oxygens (including phenoxy) is 4. The van der Waals surface area contributed by atoms with Gasteiger partial charge in [0.15, 0.2) is 6.10 Å². The van der Waals surface area contributed by atoms with Crippen LogP contribution in [0, 0.1) is 5.41 Å². The Kier molecular flexibility index (Phi) is 8.64. The number of rotatable bonds is 9. The van der Waals surface area contributed by atoms with Gasteiger partial charge < -0.3 is 18.9 Å². The Bertz CT molecular complexity index is 1010. The summed E-state index contributed by atoms with van der Waals surface area (Å²) in [4.78, 5) is 40.0. The SMILES string of the molecule is CCOC(=O)C1OC/C(=C\[Si](C)(c2ccccc2)c2ccccc2)C1(C(=O)OCC)C(=O)OCC. The molecule has 7 nitrogen and oxygen atoms in total. The van der Waals surface area contributed by atoms with Gasteiger partial charge in [0, 0.05) is 0 Å². The van der Waals surface area contributed by atoms with Gasteiger partial charge in [-0.2, -0.15) is 0 Å². The fourth-order valence-corrected chi connectivity index (χ4v) is 7.94. The third kappa shape index (κ3) is 4.94. The van der Waals surface area contributed by atoms with Crippen LogP contribution < -0.4 is 10.4 Å². The Morgan fingerprint density at radius 3 is 1.74 bits per heavy atom. The zero-order valence-corrected chi connectivity index (χ0v) is 21.6. The standard InChI is InChI=1S/C27H32O7Si/c1-5-31-24(28)23-27(25(29)32-6-2,26(30)33-7-3)20(18-34-23)19-35(4,21-14-10-8-11-15-21)22-16-12-9-13-17-22/h8-17,19,23H,5-7,18H2,1-4H3/b20-19+. The molecule has 8 heteroatoms. The van der Waals surface area contributed by atoms with Crippen LogP contribution in [0.15, 0.2) is 71.9 Å². The van der Waals surface area contributed by atoms with Gasteiger partial charge in [0.1, 0.15) is 8.07 Å². The summed E-state index contributed by atoms with van der Waals surface area (Å²) in [5, 5.41) is 2.14. The van der Waals surface area contributed by atoms with Gasteiger partial charge >= 0.3 is 17.9 Å². The molecule has 0 bridgehead atoms. The predicted octanol–water partition coefficient (Wildman–Crippen LogP) is 2.42. The summed E-state index contributed by atoms with van der Waals surface area (Å²) >= 11 is 0. The van der Waals surface area contributed by atoms with Gasteiger partial charge in [0.25, 0.3) is 0 Å². The summed E-state index contributed by atoms with van der Waals surface area (Å²) in [6.45, 7) is 7.07. The third-order valence-electron chi connectivity index (χ3n) is 6.21. The van der Waals surface area contributed by atoms with Gasteiger partial charge in [0.05, 0.1) is 26.4 Å². The molecule has 2 aromatic rings. The maximum absolute atomic E-state index is 13.5. The number of hydrogen-bond acceptors (Lipinski definition) is 7. The largest absolute Gasteiger partial charge is 0.465 e. The summed E-state index contributed by atoms with van der Waals surface area (Å²) in [6, 6.07) is 19.8. The quantitative estimate of drug-likeness (QED) is 0.228. The topological polar surface area (TPSA) is 88.1 Å². The van der Waals surface area contributed by atoms with Crippen LogP contribution >= 0.6 is 0 Å². The van der Waals surface area contributed by atoms with E-state index in [-0.39, 0.29) is 26.4 Å². The van der Waals surface area contributed by atoms with Gasteiger partial charge in [0.2, 0.25) is 5.41 Å². The first-order chi connectivity index (χ1) is 16.9. The van der Waals surface area contributed by atoms with Crippen molar-refractivity contribution in [3.8, 4) is 0 Å². The molecule has 1 aliphatic heterocycles. The molecular weight excluding hydrogens is 464 g/mol. The molecule has 2 aromatic carbocycles. The zero-order valence-electron chi connectivity index (χ0n) is 20.6. The van der Waals surface area contributed by atoms with Crippen LogP contribution in [0.3, 0.4) is 0 Å². The van der Waals surface area contributed by atoms with Crippen LogP contribution in [0.25, 0.3) is 0 Å². The minimum atomic E-state index is -2.69. The van der Waals surface area contributed by atoms with Crippen LogP contribution in [-0.4, -0.2) is 58.5 Å². The van der Waals surface area contributed by atoms with E-state index in [0.29, 0.717) is 5.57 Å². The number of hydrogen-bond donors (Lipinski definition) is 0. The lowest BCUT2D eigenvalue weighted by Gasteiger charge is -2.32. The van der Waals surface area contributed by atoms with Crippen molar-refractivity contribution in [2.45, 2.75) is 33.4 Å². The van der Waals surface area contributed by atoms with E-state index in [1.807, 2.05) is 66.4 Å². The number of esters is 3.